The molecule has 0 aliphatic heterocycles. The maximum atomic E-state index is 16.3. The number of halogens is 3. The summed E-state index contributed by atoms with van der Waals surface area (Å²) in [6, 6.07) is 9.18. The van der Waals surface area contributed by atoms with Crippen molar-refractivity contribution in [3.63, 3.8) is 0 Å². The third-order valence-corrected chi connectivity index (χ3v) is 8.04. The van der Waals surface area contributed by atoms with Crippen LogP contribution in [-0.2, 0) is 6.54 Å². The molecule has 0 spiro atoms. The number of aromatic nitrogens is 6. The van der Waals surface area contributed by atoms with Crippen LogP contribution in [0, 0.1) is 17.7 Å². The van der Waals surface area contributed by atoms with Crippen LogP contribution in [0.4, 0.5) is 8.78 Å². The van der Waals surface area contributed by atoms with Crippen LogP contribution in [0.2, 0.25) is 5.02 Å². The zero-order valence-electron chi connectivity index (χ0n) is 21.8. The molecule has 11 heteroatoms. The Morgan fingerprint density at radius 2 is 1.90 bits per heavy atom. The van der Waals surface area contributed by atoms with Gasteiger partial charge in [-0.05, 0) is 42.9 Å². The van der Waals surface area contributed by atoms with E-state index in [9.17, 15) is 9.18 Å². The monoisotopic (exact) mass is 564 g/mol. The van der Waals surface area contributed by atoms with Gasteiger partial charge < -0.3 is 4.57 Å². The van der Waals surface area contributed by atoms with E-state index in [0.29, 0.717) is 45.7 Å². The zero-order chi connectivity index (χ0) is 27.8. The highest BCUT2D eigenvalue weighted by molar-refractivity contribution is 6.30. The molecule has 1 atom stereocenters. The van der Waals surface area contributed by atoms with Crippen molar-refractivity contribution in [1.82, 2.24) is 29.7 Å². The first-order chi connectivity index (χ1) is 19.4. The van der Waals surface area contributed by atoms with Crippen LogP contribution in [0.3, 0.4) is 0 Å². The quantitative estimate of drug-likeness (QED) is 0.230. The number of hydrogen-bond acceptors (Lipinski definition) is 6. The topological polar surface area (TPSA) is 102 Å². The standard InChI is InChI=1S/C29H27ClF2N6O2/c1-2-16-7-9-17(10-8-16)15-38-23(24(32)20-5-3-4-6-21(20)31)12-22-26(38)25(18-11-19(30)14-33-13-18)35-27(34-22)28-36-29(39)40-37-28/h3-6,11-14,16-17,24H,2,7-10,15H2,1H3,(H,36,37,39). The summed E-state index contributed by atoms with van der Waals surface area (Å²) in [6.07, 6.45) is 6.78. The molecule has 206 valence electrons. The maximum Gasteiger partial charge on any atom is 0.439 e. The van der Waals surface area contributed by atoms with Gasteiger partial charge in [-0.3, -0.25) is 14.5 Å². The molecule has 4 heterocycles. The zero-order valence-corrected chi connectivity index (χ0v) is 22.5. The van der Waals surface area contributed by atoms with Crippen molar-refractivity contribution >= 4 is 22.6 Å². The summed E-state index contributed by atoms with van der Waals surface area (Å²) in [5, 5.41) is 4.13. The fourth-order valence-corrected chi connectivity index (χ4v) is 5.86. The van der Waals surface area contributed by atoms with Crippen molar-refractivity contribution in [1.29, 1.82) is 0 Å². The molecule has 40 heavy (non-hydrogen) atoms. The minimum atomic E-state index is -1.75. The van der Waals surface area contributed by atoms with Crippen molar-refractivity contribution in [2.24, 2.45) is 11.8 Å². The Morgan fingerprint density at radius 1 is 1.12 bits per heavy atom. The van der Waals surface area contributed by atoms with Crippen LogP contribution in [0.1, 0.15) is 56.5 Å². The van der Waals surface area contributed by atoms with Crippen LogP contribution >= 0.6 is 11.6 Å². The maximum absolute atomic E-state index is 16.3. The van der Waals surface area contributed by atoms with Gasteiger partial charge in [0, 0.05) is 30.1 Å². The van der Waals surface area contributed by atoms with Gasteiger partial charge in [0.15, 0.2) is 6.17 Å². The van der Waals surface area contributed by atoms with Crippen molar-refractivity contribution in [3.8, 4) is 22.9 Å². The first-order valence-corrected chi connectivity index (χ1v) is 13.8. The first-order valence-electron chi connectivity index (χ1n) is 13.4. The number of rotatable bonds is 7. The molecule has 0 bridgehead atoms. The molecule has 1 aliphatic rings. The van der Waals surface area contributed by atoms with Gasteiger partial charge in [-0.2, -0.15) is 0 Å². The third kappa shape index (κ3) is 5.03. The van der Waals surface area contributed by atoms with Crippen molar-refractivity contribution in [2.45, 2.75) is 51.7 Å². The number of aromatic amines is 1. The van der Waals surface area contributed by atoms with Crippen LogP contribution in [0.25, 0.3) is 33.9 Å². The first kappa shape index (κ1) is 26.3. The molecule has 1 N–H and O–H groups in total. The third-order valence-electron chi connectivity index (χ3n) is 7.83. The highest BCUT2D eigenvalue weighted by atomic mass is 35.5. The Labute approximate surface area is 233 Å². The SMILES string of the molecule is CCC1CCC(Cn2c(C(F)c3ccccc3F)cc3nc(-c4noc(=O)[nH]4)nc(-c4cncc(Cl)c4)c32)CC1. The minimum Gasteiger partial charge on any atom is -0.338 e. The van der Waals surface area contributed by atoms with E-state index in [0.717, 1.165) is 32.1 Å². The molecule has 5 aromatic rings. The fourth-order valence-electron chi connectivity index (χ4n) is 5.69. The number of nitrogens with zero attached hydrogens (tertiary/aromatic N) is 5. The van der Waals surface area contributed by atoms with E-state index in [-0.39, 0.29) is 22.9 Å². The predicted octanol–water partition coefficient (Wildman–Crippen LogP) is 6.90. The minimum absolute atomic E-state index is 0.0289. The van der Waals surface area contributed by atoms with Gasteiger partial charge in [-0.1, -0.05) is 61.1 Å². The Balaban J connectivity index is 1.58. The number of benzene rings is 1. The molecular weight excluding hydrogens is 538 g/mol. The van der Waals surface area contributed by atoms with Crippen LogP contribution in [0.15, 0.2) is 58.1 Å². The van der Waals surface area contributed by atoms with Crippen LogP contribution < -0.4 is 5.76 Å². The number of fused-ring (bicyclic) bond motifs is 1. The van der Waals surface area contributed by atoms with Gasteiger partial charge in [-0.15, -0.1) is 0 Å². The highest BCUT2D eigenvalue weighted by Crippen LogP contribution is 2.39. The molecule has 1 aliphatic carbocycles. The molecule has 1 fully saturated rings. The molecule has 1 saturated carbocycles. The predicted molar refractivity (Wildman–Crippen MR) is 147 cm³/mol. The highest BCUT2D eigenvalue weighted by Gasteiger charge is 2.29. The Morgan fingerprint density at radius 3 is 2.60 bits per heavy atom. The Kier molecular flexibility index (Phi) is 7.18. The second-order valence-electron chi connectivity index (χ2n) is 10.3. The summed E-state index contributed by atoms with van der Waals surface area (Å²) < 4.78 is 37.6. The van der Waals surface area contributed by atoms with E-state index < -0.39 is 17.7 Å². The van der Waals surface area contributed by atoms with Crippen LogP contribution in [-0.4, -0.2) is 29.7 Å². The lowest BCUT2D eigenvalue weighted by molar-refractivity contribution is 0.244. The van der Waals surface area contributed by atoms with E-state index in [1.165, 1.54) is 24.4 Å². The van der Waals surface area contributed by atoms with Crippen molar-refractivity contribution in [3.05, 3.63) is 81.4 Å². The van der Waals surface area contributed by atoms with Gasteiger partial charge in [0.2, 0.25) is 11.6 Å². The lowest BCUT2D eigenvalue weighted by atomic mass is 9.81. The van der Waals surface area contributed by atoms with Gasteiger partial charge in [0.25, 0.3) is 0 Å². The second-order valence-corrected chi connectivity index (χ2v) is 10.8. The van der Waals surface area contributed by atoms with Gasteiger partial charge in [0.05, 0.1) is 21.7 Å². The van der Waals surface area contributed by atoms with E-state index in [1.807, 2.05) is 4.57 Å². The van der Waals surface area contributed by atoms with Crippen molar-refractivity contribution in [2.75, 3.05) is 0 Å². The molecule has 0 saturated heterocycles. The lowest BCUT2D eigenvalue weighted by Gasteiger charge is -2.29. The van der Waals surface area contributed by atoms with Gasteiger partial charge in [0.1, 0.15) is 11.5 Å². The largest absolute Gasteiger partial charge is 0.439 e. The van der Waals surface area contributed by atoms with E-state index in [2.05, 4.69) is 31.6 Å². The van der Waals surface area contributed by atoms with E-state index in [4.69, 9.17) is 16.6 Å². The Bertz CT molecular complexity index is 1720. The summed E-state index contributed by atoms with van der Waals surface area (Å²) in [5.41, 5.74) is 2.22. The lowest BCUT2D eigenvalue weighted by Crippen LogP contribution is -2.20. The molecule has 1 unspecified atom stereocenters. The summed E-state index contributed by atoms with van der Waals surface area (Å²) in [7, 11) is 0. The molecular formula is C29H27ClF2N6O2. The number of nitrogens with one attached hydrogen (secondary N) is 1. The normalized spacial score (nSPS) is 18.3. The van der Waals surface area contributed by atoms with Crippen molar-refractivity contribution < 1.29 is 13.3 Å². The van der Waals surface area contributed by atoms with E-state index >= 15 is 4.39 Å². The smallest absolute Gasteiger partial charge is 0.338 e. The fraction of sp³-hybridized carbons (Fsp3) is 0.345. The molecule has 0 amide bonds. The summed E-state index contributed by atoms with van der Waals surface area (Å²) in [5.74, 6) is -0.256. The van der Waals surface area contributed by atoms with Gasteiger partial charge in [-0.25, -0.2) is 23.5 Å². The number of alkyl halides is 1. The molecule has 8 nitrogen and oxygen atoms in total. The van der Waals surface area contributed by atoms with Gasteiger partial charge >= 0.3 is 5.76 Å². The summed E-state index contributed by atoms with van der Waals surface area (Å²) >= 11 is 6.29. The van der Waals surface area contributed by atoms with Crippen LogP contribution in [0.5, 0.6) is 0 Å². The second kappa shape index (κ2) is 10.9. The number of pyridine rings is 1. The average Bonchev–Trinajstić information content (AvgIpc) is 3.56. The Hall–Kier alpha value is -3.92. The average molecular weight is 565 g/mol. The molecule has 4 aromatic heterocycles. The number of hydrogen-bond donors (Lipinski definition) is 1. The molecule has 6 rings (SSSR count). The molecule has 0 radical (unpaired) electrons. The summed E-state index contributed by atoms with van der Waals surface area (Å²) in [4.78, 5) is 27.7. The number of H-pyrrole nitrogens is 1. The summed E-state index contributed by atoms with van der Waals surface area (Å²) in [6.45, 7) is 2.74. The van der Waals surface area contributed by atoms with E-state index in [1.54, 1.807) is 24.4 Å². The molecule has 1 aromatic carbocycles.